The number of hydrogen-bond acceptors (Lipinski definition) is 3. The molecule has 1 rings (SSSR count). The van der Waals surface area contributed by atoms with E-state index < -0.39 is 5.41 Å². The lowest BCUT2D eigenvalue weighted by Crippen LogP contribution is -2.35. The first-order chi connectivity index (χ1) is 8.57. The molecule has 0 spiro atoms. The first kappa shape index (κ1) is 14.7. The second-order valence-electron chi connectivity index (χ2n) is 4.82. The molecule has 1 unspecified atom stereocenters. The highest BCUT2D eigenvalue weighted by molar-refractivity contribution is 6.00. The van der Waals surface area contributed by atoms with Crippen molar-refractivity contribution in [1.29, 1.82) is 0 Å². The molecular formula is C15H23NO2. The molecule has 0 aliphatic heterocycles. The summed E-state index contributed by atoms with van der Waals surface area (Å²) in [4.78, 5) is 12.3. The van der Waals surface area contributed by atoms with E-state index in [-0.39, 0.29) is 5.78 Å². The van der Waals surface area contributed by atoms with Crippen molar-refractivity contribution in [3.63, 3.8) is 0 Å². The van der Waals surface area contributed by atoms with Gasteiger partial charge in [0.25, 0.3) is 0 Å². The molecule has 2 N–H and O–H groups in total. The molecule has 0 bridgehead atoms. The monoisotopic (exact) mass is 249 g/mol. The maximum absolute atomic E-state index is 12.3. The summed E-state index contributed by atoms with van der Waals surface area (Å²) in [5, 5.41) is 0. The number of rotatable bonds is 7. The highest BCUT2D eigenvalue weighted by Crippen LogP contribution is 2.26. The Morgan fingerprint density at radius 2 is 1.89 bits per heavy atom. The minimum absolute atomic E-state index is 0.106. The Morgan fingerprint density at radius 1 is 1.28 bits per heavy atom. The Balaban J connectivity index is 2.81. The molecule has 3 heteroatoms. The summed E-state index contributed by atoms with van der Waals surface area (Å²) in [7, 11) is 0. The van der Waals surface area contributed by atoms with E-state index >= 15 is 0 Å². The minimum Gasteiger partial charge on any atom is -0.494 e. The van der Waals surface area contributed by atoms with E-state index in [1.165, 1.54) is 0 Å². The number of Topliss-reactive ketones (excluding diaryl/α,β-unsaturated/α-hetero) is 1. The van der Waals surface area contributed by atoms with Crippen molar-refractivity contribution in [2.45, 2.75) is 33.6 Å². The van der Waals surface area contributed by atoms with Crippen LogP contribution in [0.25, 0.3) is 0 Å². The highest BCUT2D eigenvalue weighted by Gasteiger charge is 2.30. The Hall–Kier alpha value is -1.35. The number of carbonyl (C=O) groups excluding carboxylic acids is 1. The summed E-state index contributed by atoms with van der Waals surface area (Å²) in [6, 6.07) is 7.32. The standard InChI is InChI=1S/C15H23NO2/c1-4-10-18-13-8-6-12(7-9-13)14(17)15(3,5-2)11-16/h6-9H,4-5,10-11,16H2,1-3H3. The smallest absolute Gasteiger partial charge is 0.169 e. The molecule has 0 radical (unpaired) electrons. The van der Waals surface area contributed by atoms with Crippen LogP contribution in [0.1, 0.15) is 44.0 Å². The van der Waals surface area contributed by atoms with E-state index in [0.29, 0.717) is 18.7 Å². The number of benzene rings is 1. The molecule has 100 valence electrons. The molecule has 0 saturated heterocycles. The summed E-state index contributed by atoms with van der Waals surface area (Å²) >= 11 is 0. The van der Waals surface area contributed by atoms with Gasteiger partial charge in [0.05, 0.1) is 6.61 Å². The third kappa shape index (κ3) is 3.33. The first-order valence-corrected chi connectivity index (χ1v) is 6.55. The highest BCUT2D eigenvalue weighted by atomic mass is 16.5. The third-order valence-electron chi connectivity index (χ3n) is 3.37. The van der Waals surface area contributed by atoms with Crippen molar-refractivity contribution in [1.82, 2.24) is 0 Å². The minimum atomic E-state index is -0.466. The van der Waals surface area contributed by atoms with Crippen molar-refractivity contribution in [2.24, 2.45) is 11.1 Å². The summed E-state index contributed by atoms with van der Waals surface area (Å²) in [5.74, 6) is 0.911. The van der Waals surface area contributed by atoms with E-state index in [1.807, 2.05) is 38.1 Å². The molecule has 0 fully saturated rings. The molecule has 0 aliphatic carbocycles. The van der Waals surface area contributed by atoms with Crippen molar-refractivity contribution < 1.29 is 9.53 Å². The van der Waals surface area contributed by atoms with Crippen LogP contribution in [-0.2, 0) is 0 Å². The van der Waals surface area contributed by atoms with Crippen LogP contribution in [0, 0.1) is 5.41 Å². The summed E-state index contributed by atoms with van der Waals surface area (Å²) in [5.41, 5.74) is 5.94. The molecule has 0 heterocycles. The van der Waals surface area contributed by atoms with Crippen LogP contribution in [0.5, 0.6) is 5.75 Å². The van der Waals surface area contributed by atoms with Crippen LogP contribution in [0.15, 0.2) is 24.3 Å². The van der Waals surface area contributed by atoms with Gasteiger partial charge >= 0.3 is 0 Å². The van der Waals surface area contributed by atoms with Gasteiger partial charge < -0.3 is 10.5 Å². The molecule has 1 aromatic rings. The van der Waals surface area contributed by atoms with Gasteiger partial charge in [-0.2, -0.15) is 0 Å². The van der Waals surface area contributed by atoms with Gasteiger partial charge in [-0.3, -0.25) is 4.79 Å². The molecule has 18 heavy (non-hydrogen) atoms. The lowest BCUT2D eigenvalue weighted by molar-refractivity contribution is 0.0820. The number of ether oxygens (including phenoxy) is 1. The molecule has 1 atom stereocenters. The number of carbonyl (C=O) groups is 1. The zero-order valence-electron chi connectivity index (χ0n) is 11.5. The molecule has 0 amide bonds. The normalized spacial score (nSPS) is 14.0. The van der Waals surface area contributed by atoms with Crippen molar-refractivity contribution in [3.8, 4) is 5.75 Å². The summed E-state index contributed by atoms with van der Waals surface area (Å²) < 4.78 is 5.49. The zero-order chi connectivity index (χ0) is 13.6. The zero-order valence-corrected chi connectivity index (χ0v) is 11.5. The average Bonchev–Trinajstić information content (AvgIpc) is 2.44. The number of ketones is 1. The van der Waals surface area contributed by atoms with Gasteiger partial charge in [0.1, 0.15) is 5.75 Å². The fourth-order valence-electron chi connectivity index (χ4n) is 1.67. The SMILES string of the molecule is CCCOc1ccc(C(=O)C(C)(CC)CN)cc1. The number of nitrogens with two attached hydrogens (primary N) is 1. The first-order valence-electron chi connectivity index (χ1n) is 6.55. The predicted molar refractivity (Wildman–Crippen MR) is 74.0 cm³/mol. The molecule has 0 aliphatic rings. The van der Waals surface area contributed by atoms with E-state index in [0.717, 1.165) is 18.6 Å². The lowest BCUT2D eigenvalue weighted by atomic mass is 9.80. The van der Waals surface area contributed by atoms with E-state index in [9.17, 15) is 4.79 Å². The van der Waals surface area contributed by atoms with Gasteiger partial charge in [-0.1, -0.05) is 20.8 Å². The third-order valence-corrected chi connectivity index (χ3v) is 3.37. The van der Waals surface area contributed by atoms with E-state index in [2.05, 4.69) is 6.92 Å². The van der Waals surface area contributed by atoms with Crippen molar-refractivity contribution in [3.05, 3.63) is 29.8 Å². The van der Waals surface area contributed by atoms with Gasteiger partial charge in [0.15, 0.2) is 5.78 Å². The van der Waals surface area contributed by atoms with Crippen LogP contribution in [-0.4, -0.2) is 18.9 Å². The number of hydrogen-bond donors (Lipinski definition) is 1. The van der Waals surface area contributed by atoms with Crippen molar-refractivity contribution >= 4 is 5.78 Å². The largest absolute Gasteiger partial charge is 0.494 e. The van der Waals surface area contributed by atoms with Crippen LogP contribution in [0.4, 0.5) is 0 Å². The van der Waals surface area contributed by atoms with Crippen LogP contribution in [0.2, 0.25) is 0 Å². The Morgan fingerprint density at radius 3 is 2.33 bits per heavy atom. The topological polar surface area (TPSA) is 52.3 Å². The van der Waals surface area contributed by atoms with E-state index in [4.69, 9.17) is 10.5 Å². The summed E-state index contributed by atoms with van der Waals surface area (Å²) in [6.07, 6.45) is 1.72. The van der Waals surface area contributed by atoms with Crippen LogP contribution in [0.3, 0.4) is 0 Å². The van der Waals surface area contributed by atoms with Gasteiger partial charge in [0.2, 0.25) is 0 Å². The Bertz CT molecular complexity index is 380. The molecule has 0 saturated carbocycles. The fourth-order valence-corrected chi connectivity index (χ4v) is 1.67. The van der Waals surface area contributed by atoms with Gasteiger partial charge in [-0.05, 0) is 37.1 Å². The van der Waals surface area contributed by atoms with Crippen molar-refractivity contribution in [2.75, 3.05) is 13.2 Å². The Kier molecular flexibility index (Phi) is 5.35. The maximum atomic E-state index is 12.3. The predicted octanol–water partition coefficient (Wildman–Crippen LogP) is 3.03. The van der Waals surface area contributed by atoms with Crippen LogP contribution < -0.4 is 10.5 Å². The van der Waals surface area contributed by atoms with E-state index in [1.54, 1.807) is 0 Å². The summed E-state index contributed by atoms with van der Waals surface area (Å²) in [6.45, 7) is 7.03. The van der Waals surface area contributed by atoms with Gasteiger partial charge in [0, 0.05) is 17.5 Å². The average molecular weight is 249 g/mol. The second-order valence-corrected chi connectivity index (χ2v) is 4.82. The van der Waals surface area contributed by atoms with Crippen LogP contribution >= 0.6 is 0 Å². The molecule has 3 nitrogen and oxygen atoms in total. The molecule has 0 aromatic heterocycles. The maximum Gasteiger partial charge on any atom is 0.169 e. The lowest BCUT2D eigenvalue weighted by Gasteiger charge is -2.24. The second kappa shape index (κ2) is 6.55. The fraction of sp³-hybridized carbons (Fsp3) is 0.533. The molecular weight excluding hydrogens is 226 g/mol. The Labute approximate surface area is 109 Å². The molecule has 1 aromatic carbocycles. The quantitative estimate of drug-likeness (QED) is 0.756. The van der Waals surface area contributed by atoms with Gasteiger partial charge in [-0.25, -0.2) is 0 Å². The van der Waals surface area contributed by atoms with Gasteiger partial charge in [-0.15, -0.1) is 0 Å².